The third kappa shape index (κ3) is 4.28. The second-order valence-corrected chi connectivity index (χ2v) is 5.30. The number of hydrogen-bond acceptors (Lipinski definition) is 2. The van der Waals surface area contributed by atoms with Crippen molar-refractivity contribution in [3.8, 4) is 0 Å². The summed E-state index contributed by atoms with van der Waals surface area (Å²) < 4.78 is 26.1. The van der Waals surface area contributed by atoms with Crippen molar-refractivity contribution < 1.29 is 13.6 Å². The minimum absolute atomic E-state index is 0.0741. The maximum Gasteiger partial charge on any atom is 0.243 e. The monoisotopic (exact) mass is 304 g/mol. The van der Waals surface area contributed by atoms with Crippen molar-refractivity contribution >= 4 is 17.3 Å². The van der Waals surface area contributed by atoms with Gasteiger partial charge in [0.25, 0.3) is 0 Å². The zero-order valence-corrected chi connectivity index (χ0v) is 12.5. The van der Waals surface area contributed by atoms with E-state index in [-0.39, 0.29) is 24.1 Å². The van der Waals surface area contributed by atoms with Crippen LogP contribution in [0.1, 0.15) is 25.3 Å². The van der Waals surface area contributed by atoms with Gasteiger partial charge in [0, 0.05) is 17.4 Å². The Labute approximate surface area is 128 Å². The number of benzene rings is 2. The van der Waals surface area contributed by atoms with Crippen LogP contribution >= 0.6 is 0 Å². The molecular weight excluding hydrogens is 286 g/mol. The molecule has 2 aromatic carbocycles. The standard InChI is InChI=1S/C17H18F2N2O/c1-11(2)15-5-3-4-6-16(15)21-17(22)10-20-14-8-12(18)7-13(19)9-14/h3-9,11,20H,10H2,1-2H3,(H,21,22). The van der Waals surface area contributed by atoms with E-state index < -0.39 is 11.6 Å². The number of hydrogen-bond donors (Lipinski definition) is 2. The molecule has 0 radical (unpaired) electrons. The largest absolute Gasteiger partial charge is 0.376 e. The highest BCUT2D eigenvalue weighted by Crippen LogP contribution is 2.23. The van der Waals surface area contributed by atoms with Crippen LogP contribution in [0.2, 0.25) is 0 Å². The van der Waals surface area contributed by atoms with Crippen LogP contribution in [0.25, 0.3) is 0 Å². The molecule has 0 aliphatic carbocycles. The van der Waals surface area contributed by atoms with Gasteiger partial charge in [-0.25, -0.2) is 8.78 Å². The van der Waals surface area contributed by atoms with Crippen LogP contribution in [-0.4, -0.2) is 12.5 Å². The first-order valence-corrected chi connectivity index (χ1v) is 7.04. The van der Waals surface area contributed by atoms with Gasteiger partial charge in [0.15, 0.2) is 0 Å². The molecule has 0 aromatic heterocycles. The fourth-order valence-electron chi connectivity index (χ4n) is 2.15. The quantitative estimate of drug-likeness (QED) is 0.871. The minimum atomic E-state index is -0.687. The number of halogens is 2. The summed E-state index contributed by atoms with van der Waals surface area (Å²) >= 11 is 0. The van der Waals surface area contributed by atoms with E-state index in [1.807, 2.05) is 38.1 Å². The van der Waals surface area contributed by atoms with Gasteiger partial charge in [0.1, 0.15) is 11.6 Å². The second kappa shape index (κ2) is 7.02. The van der Waals surface area contributed by atoms with E-state index in [1.165, 1.54) is 0 Å². The Kier molecular flexibility index (Phi) is 5.09. The first kappa shape index (κ1) is 15.9. The lowest BCUT2D eigenvalue weighted by atomic mass is 10.0. The smallest absolute Gasteiger partial charge is 0.243 e. The molecule has 1 amide bonds. The molecule has 2 rings (SSSR count). The van der Waals surface area contributed by atoms with Gasteiger partial charge in [-0.05, 0) is 29.7 Å². The molecule has 0 heterocycles. The Balaban J connectivity index is 1.99. The normalized spacial score (nSPS) is 10.6. The predicted octanol–water partition coefficient (Wildman–Crippen LogP) is 4.14. The van der Waals surface area contributed by atoms with E-state index in [9.17, 15) is 13.6 Å². The lowest BCUT2D eigenvalue weighted by Crippen LogP contribution is -2.22. The Morgan fingerprint density at radius 3 is 2.36 bits per heavy atom. The molecule has 0 fully saturated rings. The van der Waals surface area contributed by atoms with Crippen molar-refractivity contribution in [1.29, 1.82) is 0 Å². The molecule has 0 bridgehead atoms. The molecule has 0 atom stereocenters. The molecule has 2 aromatic rings. The fraction of sp³-hybridized carbons (Fsp3) is 0.235. The van der Waals surface area contributed by atoms with Gasteiger partial charge in [-0.1, -0.05) is 32.0 Å². The number of rotatable bonds is 5. The first-order chi connectivity index (χ1) is 10.5. The van der Waals surface area contributed by atoms with Gasteiger partial charge in [-0.2, -0.15) is 0 Å². The maximum absolute atomic E-state index is 13.1. The average Bonchev–Trinajstić information content (AvgIpc) is 2.44. The first-order valence-electron chi connectivity index (χ1n) is 7.04. The van der Waals surface area contributed by atoms with Crippen molar-refractivity contribution in [3.63, 3.8) is 0 Å². The maximum atomic E-state index is 13.1. The SMILES string of the molecule is CC(C)c1ccccc1NC(=O)CNc1cc(F)cc(F)c1. The lowest BCUT2D eigenvalue weighted by Gasteiger charge is -2.14. The van der Waals surface area contributed by atoms with E-state index in [0.29, 0.717) is 0 Å². The average molecular weight is 304 g/mol. The van der Waals surface area contributed by atoms with Crippen LogP contribution in [0.5, 0.6) is 0 Å². The summed E-state index contributed by atoms with van der Waals surface area (Å²) in [6.07, 6.45) is 0. The van der Waals surface area contributed by atoms with E-state index in [4.69, 9.17) is 0 Å². The highest BCUT2D eigenvalue weighted by atomic mass is 19.1. The zero-order valence-electron chi connectivity index (χ0n) is 12.5. The molecule has 0 saturated heterocycles. The molecule has 0 aliphatic rings. The number of nitrogens with one attached hydrogen (secondary N) is 2. The Morgan fingerprint density at radius 2 is 1.73 bits per heavy atom. The van der Waals surface area contributed by atoms with Crippen LogP contribution < -0.4 is 10.6 Å². The topological polar surface area (TPSA) is 41.1 Å². The molecule has 2 N–H and O–H groups in total. The Bertz CT molecular complexity index is 651. The molecule has 0 saturated carbocycles. The summed E-state index contributed by atoms with van der Waals surface area (Å²) in [4.78, 5) is 12.0. The number of amides is 1. The van der Waals surface area contributed by atoms with Crippen LogP contribution in [-0.2, 0) is 4.79 Å². The van der Waals surface area contributed by atoms with Crippen molar-refractivity contribution in [1.82, 2.24) is 0 Å². The summed E-state index contributed by atoms with van der Waals surface area (Å²) in [7, 11) is 0. The van der Waals surface area contributed by atoms with Gasteiger partial charge < -0.3 is 10.6 Å². The van der Waals surface area contributed by atoms with Gasteiger partial charge in [-0.3, -0.25) is 4.79 Å². The molecule has 116 valence electrons. The van der Waals surface area contributed by atoms with E-state index in [0.717, 1.165) is 29.4 Å². The van der Waals surface area contributed by atoms with Crippen LogP contribution in [0.3, 0.4) is 0 Å². The van der Waals surface area contributed by atoms with E-state index in [1.54, 1.807) is 0 Å². The summed E-state index contributed by atoms with van der Waals surface area (Å²) in [6, 6.07) is 10.6. The molecule has 5 heteroatoms. The predicted molar refractivity (Wildman–Crippen MR) is 84.0 cm³/mol. The number of anilines is 2. The highest BCUT2D eigenvalue weighted by Gasteiger charge is 2.09. The van der Waals surface area contributed by atoms with E-state index in [2.05, 4.69) is 10.6 Å². The van der Waals surface area contributed by atoms with E-state index >= 15 is 0 Å². The Hall–Kier alpha value is -2.43. The van der Waals surface area contributed by atoms with Crippen LogP contribution in [0.4, 0.5) is 20.2 Å². The van der Waals surface area contributed by atoms with Gasteiger partial charge in [-0.15, -0.1) is 0 Å². The summed E-state index contributed by atoms with van der Waals surface area (Å²) in [5, 5.41) is 5.51. The van der Waals surface area contributed by atoms with Gasteiger partial charge >= 0.3 is 0 Å². The lowest BCUT2D eigenvalue weighted by molar-refractivity contribution is -0.114. The summed E-state index contributed by atoms with van der Waals surface area (Å²) in [5.74, 6) is -1.37. The van der Waals surface area contributed by atoms with Crippen LogP contribution in [0.15, 0.2) is 42.5 Å². The summed E-state index contributed by atoms with van der Waals surface area (Å²) in [5.41, 5.74) is 2.01. The highest BCUT2D eigenvalue weighted by molar-refractivity contribution is 5.94. The van der Waals surface area contributed by atoms with Crippen molar-refractivity contribution in [3.05, 3.63) is 59.7 Å². The number of carbonyl (C=O) groups is 1. The molecule has 0 unspecified atom stereocenters. The van der Waals surface area contributed by atoms with Crippen LogP contribution in [0, 0.1) is 11.6 Å². The van der Waals surface area contributed by atoms with Gasteiger partial charge in [0.05, 0.1) is 6.54 Å². The fourth-order valence-corrected chi connectivity index (χ4v) is 2.15. The van der Waals surface area contributed by atoms with Gasteiger partial charge in [0.2, 0.25) is 5.91 Å². The molecule has 22 heavy (non-hydrogen) atoms. The molecule has 0 spiro atoms. The second-order valence-electron chi connectivity index (χ2n) is 5.30. The van der Waals surface area contributed by atoms with Crippen molar-refractivity contribution in [2.24, 2.45) is 0 Å². The number of carbonyl (C=O) groups excluding carboxylic acids is 1. The van der Waals surface area contributed by atoms with Crippen molar-refractivity contribution in [2.75, 3.05) is 17.2 Å². The number of para-hydroxylation sites is 1. The molecule has 3 nitrogen and oxygen atoms in total. The Morgan fingerprint density at radius 1 is 1.09 bits per heavy atom. The van der Waals surface area contributed by atoms with Crippen molar-refractivity contribution in [2.45, 2.75) is 19.8 Å². The minimum Gasteiger partial charge on any atom is -0.376 e. The molecule has 0 aliphatic heterocycles. The third-order valence-corrected chi connectivity index (χ3v) is 3.17. The summed E-state index contributed by atoms with van der Waals surface area (Å²) in [6.45, 7) is 4.01. The molecular formula is C17H18F2N2O. The zero-order chi connectivity index (χ0) is 16.1. The third-order valence-electron chi connectivity index (χ3n) is 3.17.